The zero-order valence-electron chi connectivity index (χ0n) is 11.5. The highest BCUT2D eigenvalue weighted by molar-refractivity contribution is 9.10. The van der Waals surface area contributed by atoms with Gasteiger partial charge in [-0.05, 0) is 41.9 Å². The number of nitrogens with one attached hydrogen (secondary N) is 1. The maximum absolute atomic E-state index is 6.32. The van der Waals surface area contributed by atoms with E-state index in [1.807, 2.05) is 18.2 Å². The van der Waals surface area contributed by atoms with Crippen LogP contribution in [0, 0.1) is 0 Å². The van der Waals surface area contributed by atoms with Gasteiger partial charge in [-0.15, -0.1) is 10.2 Å². The second kappa shape index (κ2) is 7.15. The fraction of sp³-hybridized carbons (Fsp3) is 0.462. The molecule has 2 aromatic rings. The average Bonchev–Trinajstić information content (AvgIpc) is 2.83. The summed E-state index contributed by atoms with van der Waals surface area (Å²) in [7, 11) is 1.76. The number of rotatable bonds is 6. The first-order valence-corrected chi connectivity index (χ1v) is 7.68. The molecule has 0 radical (unpaired) electrons. The molecule has 1 unspecified atom stereocenters. The van der Waals surface area contributed by atoms with Gasteiger partial charge in [0, 0.05) is 22.0 Å². The number of aryl methyl sites for hydroxylation is 1. The number of benzene rings is 1. The van der Waals surface area contributed by atoms with Crippen LogP contribution < -0.4 is 5.32 Å². The number of nitrogens with zero attached hydrogens (tertiary/aromatic N) is 4. The lowest BCUT2D eigenvalue weighted by molar-refractivity contribution is 0.517. The summed E-state index contributed by atoms with van der Waals surface area (Å²) in [6, 6.07) is 5.94. The van der Waals surface area contributed by atoms with Gasteiger partial charge in [0.05, 0.1) is 7.05 Å². The third kappa shape index (κ3) is 4.01. The molecule has 0 saturated heterocycles. The van der Waals surface area contributed by atoms with Crippen molar-refractivity contribution in [1.82, 2.24) is 25.5 Å². The van der Waals surface area contributed by atoms with Crippen molar-refractivity contribution in [3.05, 3.63) is 39.1 Å². The summed E-state index contributed by atoms with van der Waals surface area (Å²) in [5.74, 6) is 0.706. The Morgan fingerprint density at radius 1 is 1.45 bits per heavy atom. The Labute approximate surface area is 131 Å². The normalized spacial score (nSPS) is 12.6. The predicted molar refractivity (Wildman–Crippen MR) is 82.7 cm³/mol. The molecular weight excluding hydrogens is 342 g/mol. The molecule has 1 aromatic carbocycles. The molecule has 0 bridgehead atoms. The molecule has 108 valence electrons. The Kier molecular flexibility index (Phi) is 5.51. The van der Waals surface area contributed by atoms with Crippen molar-refractivity contribution < 1.29 is 0 Å². The van der Waals surface area contributed by atoms with E-state index >= 15 is 0 Å². The van der Waals surface area contributed by atoms with Crippen LogP contribution in [-0.2, 0) is 13.5 Å². The van der Waals surface area contributed by atoms with Gasteiger partial charge in [0.15, 0.2) is 5.82 Å². The minimum absolute atomic E-state index is 0.0733. The number of halogens is 2. The molecule has 0 spiro atoms. The smallest absolute Gasteiger partial charge is 0.176 e. The maximum Gasteiger partial charge on any atom is 0.176 e. The Morgan fingerprint density at radius 2 is 2.25 bits per heavy atom. The number of aromatic nitrogens is 4. The van der Waals surface area contributed by atoms with Crippen LogP contribution >= 0.6 is 27.5 Å². The van der Waals surface area contributed by atoms with Crippen LogP contribution in [0.25, 0.3) is 0 Å². The minimum Gasteiger partial charge on any atom is -0.310 e. The van der Waals surface area contributed by atoms with E-state index in [1.54, 1.807) is 7.05 Å². The zero-order chi connectivity index (χ0) is 14.5. The van der Waals surface area contributed by atoms with Crippen molar-refractivity contribution in [3.63, 3.8) is 0 Å². The number of tetrazole rings is 1. The Hall–Kier alpha value is -0.980. The predicted octanol–water partition coefficient (Wildman–Crippen LogP) is 2.91. The fourth-order valence-corrected chi connectivity index (χ4v) is 2.61. The first-order valence-electron chi connectivity index (χ1n) is 6.51. The highest BCUT2D eigenvalue weighted by Crippen LogP contribution is 2.28. The van der Waals surface area contributed by atoms with Crippen LogP contribution in [0.4, 0.5) is 0 Å². The van der Waals surface area contributed by atoms with Gasteiger partial charge in [0.1, 0.15) is 0 Å². The van der Waals surface area contributed by atoms with Gasteiger partial charge in [0.2, 0.25) is 0 Å². The van der Waals surface area contributed by atoms with Crippen LogP contribution in [0.3, 0.4) is 0 Å². The molecule has 0 fully saturated rings. The molecule has 20 heavy (non-hydrogen) atoms. The summed E-state index contributed by atoms with van der Waals surface area (Å²) in [6.45, 7) is 3.04. The summed E-state index contributed by atoms with van der Waals surface area (Å²) in [5.41, 5.74) is 1.04. The quantitative estimate of drug-likeness (QED) is 0.862. The first kappa shape index (κ1) is 15.4. The largest absolute Gasteiger partial charge is 0.310 e. The standard InChI is InChI=1S/C13H17BrClN5/c1-3-6-16-12(8-13-17-19-20(2)18-13)10-7-9(14)4-5-11(10)15/h4-5,7,12,16H,3,6,8H2,1-2H3. The lowest BCUT2D eigenvalue weighted by Crippen LogP contribution is -2.25. The first-order chi connectivity index (χ1) is 9.60. The van der Waals surface area contributed by atoms with Gasteiger partial charge in [-0.25, -0.2) is 0 Å². The Balaban J connectivity index is 2.24. The van der Waals surface area contributed by atoms with Crippen molar-refractivity contribution in [2.24, 2.45) is 7.05 Å². The van der Waals surface area contributed by atoms with Gasteiger partial charge in [-0.2, -0.15) is 4.80 Å². The second-order valence-corrected chi connectivity index (χ2v) is 5.89. The van der Waals surface area contributed by atoms with Gasteiger partial charge < -0.3 is 5.32 Å². The second-order valence-electron chi connectivity index (χ2n) is 4.57. The SMILES string of the molecule is CCCNC(Cc1nnn(C)n1)c1cc(Br)ccc1Cl. The lowest BCUT2D eigenvalue weighted by atomic mass is 10.0. The van der Waals surface area contributed by atoms with Crippen molar-refractivity contribution >= 4 is 27.5 Å². The third-order valence-electron chi connectivity index (χ3n) is 2.91. The summed E-state index contributed by atoms with van der Waals surface area (Å²) in [4.78, 5) is 1.47. The van der Waals surface area contributed by atoms with Crippen LogP contribution in [0.15, 0.2) is 22.7 Å². The van der Waals surface area contributed by atoms with E-state index in [4.69, 9.17) is 11.6 Å². The summed E-state index contributed by atoms with van der Waals surface area (Å²) >= 11 is 9.81. The molecule has 0 aliphatic carbocycles. The molecule has 0 aliphatic rings. The maximum atomic E-state index is 6.32. The summed E-state index contributed by atoms with van der Waals surface area (Å²) in [6.07, 6.45) is 1.71. The van der Waals surface area contributed by atoms with Crippen LogP contribution in [0.2, 0.25) is 5.02 Å². The van der Waals surface area contributed by atoms with E-state index in [0.717, 1.165) is 28.0 Å². The van der Waals surface area contributed by atoms with Crippen LogP contribution in [0.5, 0.6) is 0 Å². The van der Waals surface area contributed by atoms with Crippen molar-refractivity contribution in [3.8, 4) is 0 Å². The van der Waals surface area contributed by atoms with E-state index in [1.165, 1.54) is 4.80 Å². The summed E-state index contributed by atoms with van der Waals surface area (Å²) in [5, 5.41) is 16.4. The van der Waals surface area contributed by atoms with Gasteiger partial charge >= 0.3 is 0 Å². The van der Waals surface area contributed by atoms with Gasteiger partial charge in [-0.3, -0.25) is 0 Å². The van der Waals surface area contributed by atoms with Crippen LogP contribution in [-0.4, -0.2) is 26.8 Å². The van der Waals surface area contributed by atoms with E-state index in [2.05, 4.69) is 43.6 Å². The molecule has 7 heteroatoms. The summed E-state index contributed by atoms with van der Waals surface area (Å²) < 4.78 is 1.01. The molecule has 1 heterocycles. The van der Waals surface area contributed by atoms with Crippen molar-refractivity contribution in [2.75, 3.05) is 6.54 Å². The Morgan fingerprint density at radius 3 is 2.90 bits per heavy atom. The molecule has 5 nitrogen and oxygen atoms in total. The van der Waals surface area contributed by atoms with E-state index < -0.39 is 0 Å². The molecular formula is C13H17BrClN5. The lowest BCUT2D eigenvalue weighted by Gasteiger charge is -2.19. The van der Waals surface area contributed by atoms with E-state index in [9.17, 15) is 0 Å². The monoisotopic (exact) mass is 357 g/mol. The minimum atomic E-state index is 0.0733. The van der Waals surface area contributed by atoms with E-state index in [-0.39, 0.29) is 6.04 Å². The topological polar surface area (TPSA) is 55.6 Å². The number of hydrogen-bond donors (Lipinski definition) is 1. The van der Waals surface area contributed by atoms with E-state index in [0.29, 0.717) is 12.2 Å². The Bertz CT molecular complexity index is 572. The van der Waals surface area contributed by atoms with Gasteiger partial charge in [0.25, 0.3) is 0 Å². The van der Waals surface area contributed by atoms with Crippen molar-refractivity contribution in [2.45, 2.75) is 25.8 Å². The molecule has 0 saturated carbocycles. The third-order valence-corrected chi connectivity index (χ3v) is 3.75. The number of hydrogen-bond acceptors (Lipinski definition) is 4. The molecule has 1 atom stereocenters. The highest BCUT2D eigenvalue weighted by atomic mass is 79.9. The molecule has 1 N–H and O–H groups in total. The molecule has 0 aliphatic heterocycles. The zero-order valence-corrected chi connectivity index (χ0v) is 13.8. The average molecular weight is 359 g/mol. The van der Waals surface area contributed by atoms with Crippen molar-refractivity contribution in [1.29, 1.82) is 0 Å². The highest BCUT2D eigenvalue weighted by Gasteiger charge is 2.17. The van der Waals surface area contributed by atoms with Gasteiger partial charge in [-0.1, -0.05) is 34.5 Å². The van der Waals surface area contributed by atoms with Crippen LogP contribution in [0.1, 0.15) is 30.8 Å². The molecule has 2 rings (SSSR count). The molecule has 0 amide bonds. The molecule has 1 aromatic heterocycles. The fourth-order valence-electron chi connectivity index (χ4n) is 1.98.